The van der Waals surface area contributed by atoms with Crippen LogP contribution in [0.5, 0.6) is 0 Å². The standard InChI is InChI=1S/C18H23FN2/c1-14-13-17(7-8-18(14)19)16-5-3-15(4-6-16)9-12-21-11-2-10-20/h3-8,13,18,21H,1-2,9-12,20H2. The number of rotatable bonds is 7. The Hall–Kier alpha value is -1.71. The van der Waals surface area contributed by atoms with Gasteiger partial charge in [0.2, 0.25) is 0 Å². The molecule has 0 bridgehead atoms. The molecular formula is C18H23FN2. The van der Waals surface area contributed by atoms with E-state index in [1.54, 1.807) is 6.08 Å². The first-order valence-corrected chi connectivity index (χ1v) is 7.43. The zero-order chi connectivity index (χ0) is 15.1. The van der Waals surface area contributed by atoms with Crippen molar-refractivity contribution < 1.29 is 4.39 Å². The average Bonchev–Trinajstić information content (AvgIpc) is 2.50. The van der Waals surface area contributed by atoms with Crippen LogP contribution in [-0.4, -0.2) is 25.8 Å². The number of halogens is 1. The van der Waals surface area contributed by atoms with E-state index < -0.39 is 6.17 Å². The highest BCUT2D eigenvalue weighted by Gasteiger charge is 2.11. The fourth-order valence-corrected chi connectivity index (χ4v) is 2.27. The molecule has 112 valence electrons. The van der Waals surface area contributed by atoms with Gasteiger partial charge in [0.15, 0.2) is 0 Å². The first-order valence-electron chi connectivity index (χ1n) is 7.43. The lowest BCUT2D eigenvalue weighted by atomic mass is 9.95. The molecule has 1 atom stereocenters. The lowest BCUT2D eigenvalue weighted by Gasteiger charge is -2.13. The van der Waals surface area contributed by atoms with Gasteiger partial charge in [-0.15, -0.1) is 0 Å². The highest BCUT2D eigenvalue weighted by atomic mass is 19.1. The fraction of sp³-hybridized carbons (Fsp3) is 0.333. The smallest absolute Gasteiger partial charge is 0.143 e. The van der Waals surface area contributed by atoms with Crippen molar-refractivity contribution >= 4 is 5.57 Å². The van der Waals surface area contributed by atoms with E-state index >= 15 is 0 Å². The monoisotopic (exact) mass is 286 g/mol. The van der Waals surface area contributed by atoms with Crippen molar-refractivity contribution in [3.63, 3.8) is 0 Å². The number of alkyl halides is 1. The fourth-order valence-electron chi connectivity index (χ4n) is 2.27. The number of hydrogen-bond donors (Lipinski definition) is 2. The largest absolute Gasteiger partial charge is 0.330 e. The molecular weight excluding hydrogens is 263 g/mol. The van der Waals surface area contributed by atoms with Crippen LogP contribution in [0.25, 0.3) is 5.57 Å². The maximum absolute atomic E-state index is 13.3. The second kappa shape index (κ2) is 7.91. The summed E-state index contributed by atoms with van der Waals surface area (Å²) >= 11 is 0. The molecule has 0 saturated heterocycles. The van der Waals surface area contributed by atoms with Gasteiger partial charge in [0.1, 0.15) is 6.17 Å². The molecule has 1 unspecified atom stereocenters. The number of hydrogen-bond acceptors (Lipinski definition) is 2. The molecule has 0 amide bonds. The number of nitrogens with one attached hydrogen (secondary N) is 1. The number of allylic oxidation sites excluding steroid dienone is 5. The average molecular weight is 286 g/mol. The van der Waals surface area contributed by atoms with E-state index in [2.05, 4.69) is 36.2 Å². The first-order chi connectivity index (χ1) is 10.2. The van der Waals surface area contributed by atoms with Crippen LogP contribution in [-0.2, 0) is 6.42 Å². The Kier molecular flexibility index (Phi) is 5.90. The van der Waals surface area contributed by atoms with E-state index in [9.17, 15) is 4.39 Å². The number of benzene rings is 1. The molecule has 1 aromatic rings. The Morgan fingerprint density at radius 2 is 1.95 bits per heavy atom. The van der Waals surface area contributed by atoms with Crippen LogP contribution >= 0.6 is 0 Å². The predicted octanol–water partition coefficient (Wildman–Crippen LogP) is 3.02. The van der Waals surface area contributed by atoms with Gasteiger partial charge in [-0.1, -0.05) is 36.9 Å². The predicted molar refractivity (Wildman–Crippen MR) is 87.8 cm³/mol. The van der Waals surface area contributed by atoms with Crippen LogP contribution < -0.4 is 11.1 Å². The molecule has 21 heavy (non-hydrogen) atoms. The van der Waals surface area contributed by atoms with E-state index in [4.69, 9.17) is 5.73 Å². The summed E-state index contributed by atoms with van der Waals surface area (Å²) in [6, 6.07) is 8.41. The minimum atomic E-state index is -1.05. The van der Waals surface area contributed by atoms with Gasteiger partial charge in [0, 0.05) is 0 Å². The van der Waals surface area contributed by atoms with Crippen molar-refractivity contribution in [2.75, 3.05) is 19.6 Å². The second-order valence-electron chi connectivity index (χ2n) is 5.27. The summed E-state index contributed by atoms with van der Waals surface area (Å²) < 4.78 is 13.3. The molecule has 1 aliphatic carbocycles. The van der Waals surface area contributed by atoms with Crippen LogP contribution in [0.4, 0.5) is 4.39 Å². The summed E-state index contributed by atoms with van der Waals surface area (Å²) in [5, 5.41) is 3.37. The van der Waals surface area contributed by atoms with Gasteiger partial charge in [0.05, 0.1) is 0 Å². The summed E-state index contributed by atoms with van der Waals surface area (Å²) in [4.78, 5) is 0. The van der Waals surface area contributed by atoms with Gasteiger partial charge in [-0.2, -0.15) is 0 Å². The summed E-state index contributed by atoms with van der Waals surface area (Å²) in [5.74, 6) is 0. The molecule has 0 saturated carbocycles. The Morgan fingerprint density at radius 1 is 1.19 bits per heavy atom. The van der Waals surface area contributed by atoms with E-state index in [-0.39, 0.29) is 0 Å². The lowest BCUT2D eigenvalue weighted by molar-refractivity contribution is 0.456. The minimum absolute atomic E-state index is 0.515. The quantitative estimate of drug-likeness (QED) is 0.756. The Bertz CT molecular complexity index is 529. The minimum Gasteiger partial charge on any atom is -0.330 e. The van der Waals surface area contributed by atoms with E-state index in [0.29, 0.717) is 5.57 Å². The van der Waals surface area contributed by atoms with Crippen LogP contribution in [0.1, 0.15) is 17.5 Å². The third-order valence-electron chi connectivity index (χ3n) is 3.58. The summed E-state index contributed by atoms with van der Waals surface area (Å²) in [7, 11) is 0. The summed E-state index contributed by atoms with van der Waals surface area (Å²) in [6.45, 7) is 6.40. The van der Waals surface area contributed by atoms with Crippen molar-refractivity contribution in [3.05, 3.63) is 65.8 Å². The van der Waals surface area contributed by atoms with Crippen LogP contribution in [0.15, 0.2) is 54.6 Å². The molecule has 3 N–H and O–H groups in total. The van der Waals surface area contributed by atoms with Gasteiger partial charge < -0.3 is 11.1 Å². The Morgan fingerprint density at radius 3 is 2.62 bits per heavy atom. The zero-order valence-corrected chi connectivity index (χ0v) is 12.3. The van der Waals surface area contributed by atoms with Crippen molar-refractivity contribution in [1.82, 2.24) is 5.32 Å². The van der Waals surface area contributed by atoms with Crippen molar-refractivity contribution in [2.45, 2.75) is 19.0 Å². The molecule has 0 radical (unpaired) electrons. The second-order valence-corrected chi connectivity index (χ2v) is 5.27. The molecule has 2 rings (SSSR count). The normalized spacial score (nSPS) is 17.9. The van der Waals surface area contributed by atoms with E-state index in [1.165, 1.54) is 5.56 Å². The number of nitrogens with two attached hydrogens (primary N) is 1. The topological polar surface area (TPSA) is 38.0 Å². The Balaban J connectivity index is 1.89. The molecule has 0 aliphatic heterocycles. The van der Waals surface area contributed by atoms with Crippen LogP contribution in [0, 0.1) is 0 Å². The van der Waals surface area contributed by atoms with Crippen molar-refractivity contribution in [3.8, 4) is 0 Å². The Labute approximate surface area is 126 Å². The van der Waals surface area contributed by atoms with Gasteiger partial charge >= 0.3 is 0 Å². The maximum Gasteiger partial charge on any atom is 0.143 e. The van der Waals surface area contributed by atoms with E-state index in [0.717, 1.165) is 43.6 Å². The molecule has 3 heteroatoms. The molecule has 0 fully saturated rings. The van der Waals surface area contributed by atoms with Gasteiger partial charge in [-0.25, -0.2) is 4.39 Å². The highest BCUT2D eigenvalue weighted by Crippen LogP contribution is 2.25. The van der Waals surface area contributed by atoms with Crippen LogP contribution in [0.2, 0.25) is 0 Å². The summed E-state index contributed by atoms with van der Waals surface area (Å²) in [6.07, 6.45) is 6.15. The highest BCUT2D eigenvalue weighted by molar-refractivity contribution is 5.78. The van der Waals surface area contributed by atoms with Crippen LogP contribution in [0.3, 0.4) is 0 Å². The van der Waals surface area contributed by atoms with Gasteiger partial charge in [0.25, 0.3) is 0 Å². The summed E-state index contributed by atoms with van der Waals surface area (Å²) in [5.41, 5.74) is 9.37. The van der Waals surface area contributed by atoms with Crippen molar-refractivity contribution in [1.29, 1.82) is 0 Å². The third-order valence-corrected chi connectivity index (χ3v) is 3.58. The third kappa shape index (κ3) is 4.66. The molecule has 1 aliphatic rings. The molecule has 0 heterocycles. The molecule has 1 aromatic carbocycles. The molecule has 2 nitrogen and oxygen atoms in total. The lowest BCUT2D eigenvalue weighted by Crippen LogP contribution is -2.20. The zero-order valence-electron chi connectivity index (χ0n) is 12.3. The van der Waals surface area contributed by atoms with E-state index in [1.807, 2.05) is 12.2 Å². The first kappa shape index (κ1) is 15.7. The molecule has 0 spiro atoms. The maximum atomic E-state index is 13.3. The van der Waals surface area contributed by atoms with Crippen molar-refractivity contribution in [2.24, 2.45) is 5.73 Å². The SMILES string of the molecule is C=C1C=C(c2ccc(CCNCCCN)cc2)C=CC1F. The van der Waals surface area contributed by atoms with Gasteiger partial charge in [-0.3, -0.25) is 0 Å². The molecule has 0 aromatic heterocycles. The van der Waals surface area contributed by atoms with Gasteiger partial charge in [-0.05, 0) is 66.9 Å².